The fourth-order valence-electron chi connectivity index (χ4n) is 3.20. The van der Waals surface area contributed by atoms with Crippen LogP contribution >= 0.6 is 0 Å². The minimum atomic E-state index is -0.0144. The van der Waals surface area contributed by atoms with Gasteiger partial charge in [-0.3, -0.25) is 4.79 Å². The SMILES string of the molecule is CC1(CNc2cc3ccccc3c(=O)[nH]2)CCCCC1. The van der Waals surface area contributed by atoms with E-state index in [2.05, 4.69) is 17.2 Å². The van der Waals surface area contributed by atoms with E-state index in [0.717, 1.165) is 23.1 Å². The highest BCUT2D eigenvalue weighted by Crippen LogP contribution is 2.35. The predicted octanol–water partition coefficient (Wildman–Crippen LogP) is 3.91. The summed E-state index contributed by atoms with van der Waals surface area (Å²) in [5.41, 5.74) is 0.347. The van der Waals surface area contributed by atoms with E-state index in [1.54, 1.807) is 0 Å². The van der Waals surface area contributed by atoms with E-state index in [0.29, 0.717) is 5.41 Å². The van der Waals surface area contributed by atoms with Gasteiger partial charge in [-0.05, 0) is 35.8 Å². The average molecular weight is 270 g/mol. The second-order valence-electron chi connectivity index (χ2n) is 6.32. The molecule has 3 nitrogen and oxygen atoms in total. The van der Waals surface area contributed by atoms with Crippen LogP contribution in [0.15, 0.2) is 35.1 Å². The lowest BCUT2D eigenvalue weighted by molar-refractivity contribution is 0.233. The summed E-state index contributed by atoms with van der Waals surface area (Å²) in [6, 6.07) is 9.74. The van der Waals surface area contributed by atoms with Crippen LogP contribution < -0.4 is 10.9 Å². The van der Waals surface area contributed by atoms with Crippen LogP contribution in [-0.4, -0.2) is 11.5 Å². The van der Waals surface area contributed by atoms with Gasteiger partial charge < -0.3 is 10.3 Å². The van der Waals surface area contributed by atoms with Crippen molar-refractivity contribution in [2.45, 2.75) is 39.0 Å². The summed E-state index contributed by atoms with van der Waals surface area (Å²) >= 11 is 0. The Morgan fingerprint density at radius 3 is 2.75 bits per heavy atom. The fraction of sp³-hybridized carbons (Fsp3) is 0.471. The standard InChI is InChI=1S/C17H22N2O/c1-17(9-5-2-6-10-17)12-18-15-11-13-7-3-4-8-14(13)16(20)19-15/h3-4,7-8,11H,2,5-6,9-10,12H2,1H3,(H2,18,19,20). The smallest absolute Gasteiger partial charge is 0.257 e. The van der Waals surface area contributed by atoms with E-state index < -0.39 is 0 Å². The minimum Gasteiger partial charge on any atom is -0.371 e. The number of fused-ring (bicyclic) bond motifs is 1. The van der Waals surface area contributed by atoms with E-state index in [4.69, 9.17) is 0 Å². The minimum absolute atomic E-state index is 0.0144. The first kappa shape index (κ1) is 13.2. The molecule has 106 valence electrons. The molecule has 0 atom stereocenters. The number of pyridine rings is 1. The summed E-state index contributed by atoms with van der Waals surface area (Å²) in [6.07, 6.45) is 6.57. The molecule has 1 aromatic heterocycles. The van der Waals surface area contributed by atoms with E-state index in [-0.39, 0.29) is 5.56 Å². The number of aromatic nitrogens is 1. The van der Waals surface area contributed by atoms with Crippen molar-refractivity contribution >= 4 is 16.6 Å². The van der Waals surface area contributed by atoms with Crippen molar-refractivity contribution in [1.82, 2.24) is 4.98 Å². The van der Waals surface area contributed by atoms with Crippen LogP contribution in [0.1, 0.15) is 39.0 Å². The van der Waals surface area contributed by atoms with Gasteiger partial charge in [0.25, 0.3) is 5.56 Å². The predicted molar refractivity (Wildman–Crippen MR) is 84.3 cm³/mol. The molecule has 20 heavy (non-hydrogen) atoms. The molecule has 1 heterocycles. The summed E-state index contributed by atoms with van der Waals surface area (Å²) in [6.45, 7) is 3.28. The molecule has 0 unspecified atom stereocenters. The molecular weight excluding hydrogens is 248 g/mol. The second kappa shape index (κ2) is 5.31. The van der Waals surface area contributed by atoms with Gasteiger partial charge >= 0.3 is 0 Å². The molecule has 0 spiro atoms. The molecule has 1 aliphatic carbocycles. The Morgan fingerprint density at radius 2 is 1.95 bits per heavy atom. The van der Waals surface area contributed by atoms with Crippen LogP contribution in [-0.2, 0) is 0 Å². The molecule has 1 fully saturated rings. The van der Waals surface area contributed by atoms with E-state index >= 15 is 0 Å². The summed E-state index contributed by atoms with van der Waals surface area (Å²) in [4.78, 5) is 15.0. The van der Waals surface area contributed by atoms with E-state index in [1.807, 2.05) is 30.3 Å². The van der Waals surface area contributed by atoms with Gasteiger partial charge in [0.15, 0.2) is 0 Å². The highest BCUT2D eigenvalue weighted by Gasteiger charge is 2.26. The van der Waals surface area contributed by atoms with Crippen molar-refractivity contribution in [1.29, 1.82) is 0 Å². The number of anilines is 1. The van der Waals surface area contributed by atoms with Crippen LogP contribution in [0.5, 0.6) is 0 Å². The summed E-state index contributed by atoms with van der Waals surface area (Å²) in [5.74, 6) is 0.834. The van der Waals surface area contributed by atoms with Crippen molar-refractivity contribution in [3.05, 3.63) is 40.7 Å². The third-order valence-corrected chi connectivity index (χ3v) is 4.52. The molecule has 0 bridgehead atoms. The Bertz CT molecular complexity index is 653. The Balaban J connectivity index is 1.79. The molecule has 1 aliphatic rings. The molecule has 2 aromatic rings. The number of H-pyrrole nitrogens is 1. The Hall–Kier alpha value is -1.77. The highest BCUT2D eigenvalue weighted by molar-refractivity contribution is 5.83. The first-order chi connectivity index (χ1) is 9.66. The number of rotatable bonds is 3. The molecule has 0 saturated heterocycles. The topological polar surface area (TPSA) is 44.9 Å². The summed E-state index contributed by atoms with van der Waals surface area (Å²) < 4.78 is 0. The fourth-order valence-corrected chi connectivity index (χ4v) is 3.20. The monoisotopic (exact) mass is 270 g/mol. The number of nitrogens with one attached hydrogen (secondary N) is 2. The summed E-state index contributed by atoms with van der Waals surface area (Å²) in [5, 5.41) is 5.18. The van der Waals surface area contributed by atoms with Crippen molar-refractivity contribution in [3.8, 4) is 0 Å². The molecule has 0 aliphatic heterocycles. The van der Waals surface area contributed by atoms with Gasteiger partial charge in [-0.15, -0.1) is 0 Å². The maximum atomic E-state index is 12.0. The van der Waals surface area contributed by atoms with Crippen LogP contribution in [0, 0.1) is 5.41 Å². The van der Waals surface area contributed by atoms with Gasteiger partial charge in [-0.25, -0.2) is 0 Å². The van der Waals surface area contributed by atoms with Gasteiger partial charge in [0, 0.05) is 11.9 Å². The van der Waals surface area contributed by atoms with Gasteiger partial charge in [-0.1, -0.05) is 44.4 Å². The van der Waals surface area contributed by atoms with Crippen LogP contribution in [0.3, 0.4) is 0 Å². The zero-order chi connectivity index (χ0) is 14.0. The molecule has 3 rings (SSSR count). The maximum absolute atomic E-state index is 12.0. The average Bonchev–Trinajstić information content (AvgIpc) is 2.46. The van der Waals surface area contributed by atoms with Crippen LogP contribution in [0.25, 0.3) is 10.8 Å². The molecule has 0 amide bonds. The third-order valence-electron chi connectivity index (χ3n) is 4.52. The Labute approximate surface area is 119 Å². The lowest BCUT2D eigenvalue weighted by Gasteiger charge is -2.33. The Kier molecular flexibility index (Phi) is 3.51. The quantitative estimate of drug-likeness (QED) is 0.888. The Morgan fingerprint density at radius 1 is 1.20 bits per heavy atom. The van der Waals surface area contributed by atoms with Gasteiger partial charge in [0.2, 0.25) is 0 Å². The van der Waals surface area contributed by atoms with Crippen LogP contribution in [0.2, 0.25) is 0 Å². The second-order valence-corrected chi connectivity index (χ2v) is 6.32. The van der Waals surface area contributed by atoms with E-state index in [1.165, 1.54) is 32.1 Å². The molecule has 2 N–H and O–H groups in total. The highest BCUT2D eigenvalue weighted by atomic mass is 16.1. The molecule has 0 radical (unpaired) electrons. The van der Waals surface area contributed by atoms with Gasteiger partial charge in [0.05, 0.1) is 0 Å². The zero-order valence-electron chi connectivity index (χ0n) is 12.0. The normalized spacial score (nSPS) is 18.1. The number of hydrogen-bond donors (Lipinski definition) is 2. The maximum Gasteiger partial charge on any atom is 0.257 e. The van der Waals surface area contributed by atoms with Crippen molar-refractivity contribution in [2.75, 3.05) is 11.9 Å². The lowest BCUT2D eigenvalue weighted by atomic mass is 9.76. The molecule has 3 heteroatoms. The van der Waals surface area contributed by atoms with Crippen molar-refractivity contribution in [2.24, 2.45) is 5.41 Å². The van der Waals surface area contributed by atoms with Crippen LogP contribution in [0.4, 0.5) is 5.82 Å². The van der Waals surface area contributed by atoms with Crippen molar-refractivity contribution in [3.63, 3.8) is 0 Å². The number of aromatic amines is 1. The number of hydrogen-bond acceptors (Lipinski definition) is 2. The van der Waals surface area contributed by atoms with Gasteiger partial charge in [-0.2, -0.15) is 0 Å². The van der Waals surface area contributed by atoms with Crippen molar-refractivity contribution < 1.29 is 0 Å². The van der Waals surface area contributed by atoms with E-state index in [9.17, 15) is 4.79 Å². The molecule has 1 aromatic carbocycles. The molecule has 1 saturated carbocycles. The first-order valence-electron chi connectivity index (χ1n) is 7.52. The summed E-state index contributed by atoms with van der Waals surface area (Å²) in [7, 11) is 0. The largest absolute Gasteiger partial charge is 0.371 e. The lowest BCUT2D eigenvalue weighted by Crippen LogP contribution is -2.29. The number of benzene rings is 1. The molecular formula is C17H22N2O. The third kappa shape index (κ3) is 2.72. The first-order valence-corrected chi connectivity index (χ1v) is 7.52. The van der Waals surface area contributed by atoms with Gasteiger partial charge in [0.1, 0.15) is 5.82 Å². The zero-order valence-corrected chi connectivity index (χ0v) is 12.0.